The summed E-state index contributed by atoms with van der Waals surface area (Å²) >= 11 is 6.67. The number of anilines is 2. The van der Waals surface area contributed by atoms with Gasteiger partial charge in [-0.1, -0.05) is 42.4 Å². The number of aromatic nitrogens is 2. The summed E-state index contributed by atoms with van der Waals surface area (Å²) in [6, 6.07) is 13.9. The van der Waals surface area contributed by atoms with Crippen molar-refractivity contribution in [1.29, 1.82) is 5.26 Å². The quantitative estimate of drug-likeness (QED) is 0.331. The molecule has 0 aliphatic carbocycles. The summed E-state index contributed by atoms with van der Waals surface area (Å²) in [7, 11) is 2.07. The maximum Gasteiger partial charge on any atom is 0.415 e. The zero-order valence-corrected chi connectivity index (χ0v) is 26.4. The van der Waals surface area contributed by atoms with Gasteiger partial charge in [-0.25, -0.2) is 0 Å². The largest absolute Gasteiger partial charge is 0.462 e. The molecular weight excluding hydrogens is 619 g/mol. The van der Waals surface area contributed by atoms with Crippen molar-refractivity contribution < 1.29 is 23.0 Å². The second-order valence-electron chi connectivity index (χ2n) is 12.2. The molecule has 1 N–H and O–H groups in total. The lowest BCUT2D eigenvalue weighted by Crippen LogP contribution is -2.58. The standard InChI is InChI=1S/C33H37ClF3N7O2/c1-21(33(35,36)37)31(45)44-17-16-43(18-23(44)11-13-38)30-25-12-15-42(28-10-4-7-22-6-3-9-26(34)29(22)28)19-27(25)39-32(40-30)46-20-24-8-5-14-41(24)2/h3-4,6-7,9-10,23-24,31,45H,1,5,8,11-12,14-20H2,2H3/t23-,24-,31?/m0/s1. The number of piperazine rings is 1. The molecule has 13 heteroatoms. The fourth-order valence-electron chi connectivity index (χ4n) is 6.84. The highest BCUT2D eigenvalue weighted by atomic mass is 35.5. The van der Waals surface area contributed by atoms with Gasteiger partial charge < -0.3 is 24.5 Å². The average molecular weight is 656 g/mol. The van der Waals surface area contributed by atoms with E-state index in [4.69, 9.17) is 26.3 Å². The number of benzene rings is 2. The summed E-state index contributed by atoms with van der Waals surface area (Å²) in [5.74, 6) is 0.655. The summed E-state index contributed by atoms with van der Waals surface area (Å²) in [6.07, 6.45) is -4.02. The SMILES string of the molecule is C=C(C(O)N1CCN(c2nc(OC[C@@H]3CCCN3C)nc3c2CCN(c2cccc4cccc(Cl)c24)C3)C[C@@H]1CC#N)C(F)(F)F. The highest BCUT2D eigenvalue weighted by Crippen LogP contribution is 2.38. The van der Waals surface area contributed by atoms with Crippen LogP contribution in [0, 0.1) is 11.3 Å². The molecule has 0 spiro atoms. The third-order valence-electron chi connectivity index (χ3n) is 9.42. The topological polar surface area (TPSA) is 92.0 Å². The van der Waals surface area contributed by atoms with Crippen LogP contribution in [0.3, 0.4) is 0 Å². The first-order valence-corrected chi connectivity index (χ1v) is 15.9. The molecule has 0 bridgehead atoms. The molecule has 2 aromatic carbocycles. The minimum Gasteiger partial charge on any atom is -0.462 e. The molecule has 1 unspecified atom stereocenters. The Balaban J connectivity index is 1.32. The van der Waals surface area contributed by atoms with Crippen molar-refractivity contribution >= 4 is 33.9 Å². The van der Waals surface area contributed by atoms with Gasteiger partial charge in [-0.15, -0.1) is 0 Å². The second kappa shape index (κ2) is 13.2. The van der Waals surface area contributed by atoms with Gasteiger partial charge in [0.05, 0.1) is 35.3 Å². The van der Waals surface area contributed by atoms with Crippen LogP contribution in [0.5, 0.6) is 6.01 Å². The van der Waals surface area contributed by atoms with E-state index in [9.17, 15) is 23.5 Å². The summed E-state index contributed by atoms with van der Waals surface area (Å²) in [5.41, 5.74) is 1.51. The number of likely N-dealkylation sites (N-methyl/N-ethyl adjacent to an activating group) is 1. The summed E-state index contributed by atoms with van der Waals surface area (Å²) in [6.45, 7) is 6.27. The fourth-order valence-corrected chi connectivity index (χ4v) is 7.12. The van der Waals surface area contributed by atoms with Crippen LogP contribution in [0.25, 0.3) is 10.8 Å². The monoisotopic (exact) mass is 655 g/mol. The summed E-state index contributed by atoms with van der Waals surface area (Å²) in [5, 5.41) is 22.8. The molecule has 46 heavy (non-hydrogen) atoms. The van der Waals surface area contributed by atoms with Gasteiger partial charge in [0.25, 0.3) is 0 Å². The molecule has 9 nitrogen and oxygen atoms in total. The number of fused-ring (bicyclic) bond motifs is 2. The number of nitrogens with zero attached hydrogens (tertiary/aromatic N) is 7. The molecule has 3 aliphatic rings. The number of alkyl halides is 3. The Morgan fingerprint density at radius 2 is 1.91 bits per heavy atom. The molecule has 3 aliphatic heterocycles. The Bertz CT molecular complexity index is 1640. The first kappa shape index (κ1) is 32.3. The third-order valence-corrected chi connectivity index (χ3v) is 9.73. The second-order valence-corrected chi connectivity index (χ2v) is 12.6. The van der Waals surface area contributed by atoms with Crippen LogP contribution in [-0.2, 0) is 13.0 Å². The van der Waals surface area contributed by atoms with Crippen molar-refractivity contribution in [2.24, 2.45) is 0 Å². The summed E-state index contributed by atoms with van der Waals surface area (Å²) < 4.78 is 46.4. The minimum atomic E-state index is -4.75. The summed E-state index contributed by atoms with van der Waals surface area (Å²) in [4.78, 5) is 17.6. The molecule has 0 radical (unpaired) electrons. The highest BCUT2D eigenvalue weighted by Gasteiger charge is 2.42. The van der Waals surface area contributed by atoms with Gasteiger partial charge in [-0.2, -0.15) is 28.4 Å². The number of hydrogen-bond donors (Lipinski definition) is 1. The van der Waals surface area contributed by atoms with E-state index in [-0.39, 0.29) is 31.6 Å². The fraction of sp³-hybridized carbons (Fsp3) is 0.485. The predicted octanol–water partition coefficient (Wildman–Crippen LogP) is 5.16. The number of nitriles is 1. The molecule has 4 heterocycles. The van der Waals surface area contributed by atoms with Crippen molar-refractivity contribution in [3.63, 3.8) is 0 Å². The Labute approximate surface area is 271 Å². The van der Waals surface area contributed by atoms with E-state index in [1.54, 1.807) is 0 Å². The van der Waals surface area contributed by atoms with Gasteiger partial charge in [0.1, 0.15) is 18.7 Å². The smallest absolute Gasteiger partial charge is 0.415 e. The van der Waals surface area contributed by atoms with E-state index in [2.05, 4.69) is 35.6 Å². The van der Waals surface area contributed by atoms with Gasteiger partial charge in [0.15, 0.2) is 0 Å². The molecule has 6 rings (SSSR count). The molecule has 3 atom stereocenters. The predicted molar refractivity (Wildman–Crippen MR) is 171 cm³/mol. The number of halogens is 4. The van der Waals surface area contributed by atoms with Crippen molar-refractivity contribution in [2.45, 2.75) is 56.7 Å². The Kier molecular flexibility index (Phi) is 9.30. The van der Waals surface area contributed by atoms with Crippen LogP contribution in [0.15, 0.2) is 48.6 Å². The van der Waals surface area contributed by atoms with Crippen molar-refractivity contribution in [3.8, 4) is 12.1 Å². The normalized spacial score (nSPS) is 21.7. The number of hydrogen-bond acceptors (Lipinski definition) is 9. The van der Waals surface area contributed by atoms with E-state index in [0.29, 0.717) is 43.5 Å². The Morgan fingerprint density at radius 1 is 1.13 bits per heavy atom. The van der Waals surface area contributed by atoms with E-state index < -0.39 is 24.0 Å². The molecule has 2 fully saturated rings. The first-order chi connectivity index (χ1) is 22.0. The van der Waals surface area contributed by atoms with Gasteiger partial charge in [-0.05, 0) is 50.4 Å². The lowest BCUT2D eigenvalue weighted by atomic mass is 10.0. The van der Waals surface area contributed by atoms with Crippen LogP contribution < -0.4 is 14.5 Å². The zero-order chi connectivity index (χ0) is 32.6. The molecule has 244 valence electrons. The van der Waals surface area contributed by atoms with Gasteiger partial charge >= 0.3 is 12.2 Å². The minimum absolute atomic E-state index is 0.0705. The number of aliphatic hydroxyl groups is 1. The van der Waals surface area contributed by atoms with Crippen molar-refractivity contribution in [1.82, 2.24) is 19.8 Å². The van der Waals surface area contributed by atoms with Gasteiger partial charge in [-0.3, -0.25) is 4.90 Å². The Hall–Kier alpha value is -3.63. The van der Waals surface area contributed by atoms with Crippen LogP contribution >= 0.6 is 11.6 Å². The first-order valence-electron chi connectivity index (χ1n) is 15.5. The highest BCUT2D eigenvalue weighted by molar-refractivity contribution is 6.36. The number of likely N-dealkylation sites (tertiary alicyclic amines) is 1. The van der Waals surface area contributed by atoms with Crippen molar-refractivity contribution in [2.75, 3.05) is 56.2 Å². The number of rotatable bonds is 8. The molecule has 1 aromatic heterocycles. The lowest BCUT2D eigenvalue weighted by Gasteiger charge is -2.44. The molecule has 2 saturated heterocycles. The van der Waals surface area contributed by atoms with Crippen molar-refractivity contribution in [3.05, 3.63) is 64.8 Å². The molecule has 0 amide bonds. The Morgan fingerprint density at radius 3 is 2.63 bits per heavy atom. The van der Waals surface area contributed by atoms with E-state index in [0.717, 1.165) is 47.1 Å². The maximum atomic E-state index is 13.4. The van der Waals surface area contributed by atoms with E-state index in [1.165, 1.54) is 4.90 Å². The van der Waals surface area contributed by atoms with Gasteiger partial charge in [0.2, 0.25) is 0 Å². The average Bonchev–Trinajstić information content (AvgIpc) is 3.46. The molecule has 0 saturated carbocycles. The molecule has 3 aromatic rings. The van der Waals surface area contributed by atoms with E-state index in [1.807, 2.05) is 35.2 Å². The third kappa shape index (κ3) is 6.47. The van der Waals surface area contributed by atoms with Crippen LogP contribution in [-0.4, -0.2) is 95.7 Å². The van der Waals surface area contributed by atoms with Gasteiger partial charge in [0, 0.05) is 54.9 Å². The van der Waals surface area contributed by atoms with Crippen LogP contribution in [0.2, 0.25) is 5.02 Å². The maximum absolute atomic E-state index is 13.4. The van der Waals surface area contributed by atoms with E-state index >= 15 is 0 Å². The molecular formula is C33H37ClF3N7O2. The van der Waals surface area contributed by atoms with Crippen LogP contribution in [0.4, 0.5) is 24.7 Å². The number of ether oxygens (including phenoxy) is 1. The lowest BCUT2D eigenvalue weighted by molar-refractivity contribution is -0.125. The zero-order valence-electron chi connectivity index (χ0n) is 25.7. The number of aliphatic hydroxyl groups excluding tert-OH is 1. The van der Waals surface area contributed by atoms with Crippen LogP contribution in [0.1, 0.15) is 30.5 Å².